The molecule has 0 aromatic heterocycles. The Hall–Kier alpha value is -0.730. The van der Waals surface area contributed by atoms with Gasteiger partial charge in [-0.25, -0.2) is 0 Å². The molecule has 1 saturated heterocycles. The van der Waals surface area contributed by atoms with Crippen molar-refractivity contribution in [2.45, 2.75) is 26.2 Å². The Kier molecular flexibility index (Phi) is 3.88. The SMILES string of the molecule is CN1CCN(c2ccc(C(C)(C)C)c(Cl)c2)CC1. The topological polar surface area (TPSA) is 6.48 Å². The van der Waals surface area contributed by atoms with Crippen LogP contribution in [-0.4, -0.2) is 38.1 Å². The fourth-order valence-electron chi connectivity index (χ4n) is 2.37. The maximum absolute atomic E-state index is 6.42. The Bertz CT molecular complexity index is 415. The van der Waals surface area contributed by atoms with Crippen molar-refractivity contribution in [3.63, 3.8) is 0 Å². The van der Waals surface area contributed by atoms with Crippen LogP contribution in [0.3, 0.4) is 0 Å². The third kappa shape index (κ3) is 2.99. The zero-order valence-corrected chi connectivity index (χ0v) is 12.6. The predicted octanol–water partition coefficient (Wildman–Crippen LogP) is 3.39. The van der Waals surface area contributed by atoms with Crippen LogP contribution in [0.25, 0.3) is 0 Å². The van der Waals surface area contributed by atoms with E-state index in [4.69, 9.17) is 11.6 Å². The second-order valence-electron chi connectivity index (χ2n) is 6.20. The summed E-state index contributed by atoms with van der Waals surface area (Å²) in [5.41, 5.74) is 2.58. The first-order chi connectivity index (χ1) is 8.38. The Labute approximate surface area is 116 Å². The van der Waals surface area contributed by atoms with Crippen LogP contribution in [0.15, 0.2) is 18.2 Å². The molecule has 1 aliphatic rings. The lowest BCUT2D eigenvalue weighted by atomic mass is 9.87. The van der Waals surface area contributed by atoms with Gasteiger partial charge in [0.1, 0.15) is 0 Å². The molecule has 0 bridgehead atoms. The largest absolute Gasteiger partial charge is 0.369 e. The summed E-state index contributed by atoms with van der Waals surface area (Å²) in [6, 6.07) is 6.50. The van der Waals surface area contributed by atoms with Crippen LogP contribution < -0.4 is 4.90 Å². The number of halogens is 1. The molecule has 18 heavy (non-hydrogen) atoms. The van der Waals surface area contributed by atoms with Crippen LogP contribution in [0, 0.1) is 0 Å². The van der Waals surface area contributed by atoms with Crippen LogP contribution in [0.4, 0.5) is 5.69 Å². The standard InChI is InChI=1S/C15H23ClN2/c1-15(2,3)13-6-5-12(11-14(13)16)18-9-7-17(4)8-10-18/h5-6,11H,7-10H2,1-4H3. The van der Waals surface area contributed by atoms with Gasteiger partial charge in [-0.3, -0.25) is 0 Å². The molecule has 1 fully saturated rings. The van der Waals surface area contributed by atoms with Gasteiger partial charge in [0.15, 0.2) is 0 Å². The zero-order chi connectivity index (χ0) is 13.3. The van der Waals surface area contributed by atoms with Crippen molar-refractivity contribution in [3.05, 3.63) is 28.8 Å². The van der Waals surface area contributed by atoms with E-state index < -0.39 is 0 Å². The van der Waals surface area contributed by atoms with E-state index in [-0.39, 0.29) is 5.41 Å². The molecule has 0 amide bonds. The van der Waals surface area contributed by atoms with Crippen LogP contribution in [0.5, 0.6) is 0 Å². The molecule has 0 N–H and O–H groups in total. The highest BCUT2D eigenvalue weighted by atomic mass is 35.5. The van der Waals surface area contributed by atoms with Gasteiger partial charge in [-0.05, 0) is 30.2 Å². The normalized spacial score (nSPS) is 18.2. The zero-order valence-electron chi connectivity index (χ0n) is 11.8. The molecule has 2 nitrogen and oxygen atoms in total. The van der Waals surface area contributed by atoms with Crippen molar-refractivity contribution >= 4 is 17.3 Å². The minimum atomic E-state index is 0.109. The number of piperazine rings is 1. The molecule has 100 valence electrons. The van der Waals surface area contributed by atoms with Gasteiger partial charge in [-0.15, -0.1) is 0 Å². The number of hydrogen-bond donors (Lipinski definition) is 0. The fourth-order valence-corrected chi connectivity index (χ4v) is 2.83. The highest BCUT2D eigenvalue weighted by Crippen LogP contribution is 2.32. The number of nitrogens with zero attached hydrogens (tertiary/aromatic N) is 2. The molecule has 3 heteroatoms. The van der Waals surface area contributed by atoms with Gasteiger partial charge in [0.2, 0.25) is 0 Å². The monoisotopic (exact) mass is 266 g/mol. The van der Waals surface area contributed by atoms with Gasteiger partial charge in [-0.1, -0.05) is 38.4 Å². The molecular formula is C15H23ClN2. The molecule has 0 atom stereocenters. The quantitative estimate of drug-likeness (QED) is 0.769. The summed E-state index contributed by atoms with van der Waals surface area (Å²) < 4.78 is 0. The fraction of sp³-hybridized carbons (Fsp3) is 0.600. The minimum Gasteiger partial charge on any atom is -0.369 e. The molecule has 1 aromatic carbocycles. The lowest BCUT2D eigenvalue weighted by molar-refractivity contribution is 0.313. The van der Waals surface area contributed by atoms with Crippen molar-refractivity contribution in [2.75, 3.05) is 38.1 Å². The van der Waals surface area contributed by atoms with Gasteiger partial charge in [0.05, 0.1) is 0 Å². The van der Waals surface area contributed by atoms with Gasteiger partial charge >= 0.3 is 0 Å². The van der Waals surface area contributed by atoms with E-state index in [0.29, 0.717) is 0 Å². The van der Waals surface area contributed by atoms with Gasteiger partial charge in [0, 0.05) is 36.9 Å². The van der Waals surface area contributed by atoms with Crippen LogP contribution in [0.2, 0.25) is 5.02 Å². The minimum absolute atomic E-state index is 0.109. The molecule has 0 aliphatic carbocycles. The van der Waals surface area contributed by atoms with E-state index >= 15 is 0 Å². The summed E-state index contributed by atoms with van der Waals surface area (Å²) in [7, 11) is 2.17. The van der Waals surface area contributed by atoms with E-state index in [1.165, 1.54) is 11.3 Å². The van der Waals surface area contributed by atoms with E-state index in [1.807, 2.05) is 0 Å². The summed E-state index contributed by atoms with van der Waals surface area (Å²) in [5.74, 6) is 0. The van der Waals surface area contributed by atoms with Crippen molar-refractivity contribution in [1.29, 1.82) is 0 Å². The second-order valence-corrected chi connectivity index (χ2v) is 6.61. The van der Waals surface area contributed by atoms with Crippen molar-refractivity contribution in [2.24, 2.45) is 0 Å². The Balaban J connectivity index is 2.19. The highest BCUT2D eigenvalue weighted by Gasteiger charge is 2.19. The molecule has 0 radical (unpaired) electrons. The van der Waals surface area contributed by atoms with E-state index in [0.717, 1.165) is 31.2 Å². The van der Waals surface area contributed by atoms with E-state index in [2.05, 4.69) is 55.8 Å². The first kappa shape index (κ1) is 13.7. The van der Waals surface area contributed by atoms with Crippen molar-refractivity contribution in [3.8, 4) is 0 Å². The average Bonchev–Trinajstić information content (AvgIpc) is 2.28. The molecule has 1 heterocycles. The summed E-state index contributed by atoms with van der Waals surface area (Å²) in [5, 5.41) is 0.888. The van der Waals surface area contributed by atoms with E-state index in [1.54, 1.807) is 0 Å². The number of hydrogen-bond acceptors (Lipinski definition) is 2. The van der Waals surface area contributed by atoms with Crippen LogP contribution >= 0.6 is 11.6 Å². The summed E-state index contributed by atoms with van der Waals surface area (Å²) in [6.45, 7) is 11.0. The average molecular weight is 267 g/mol. The molecule has 1 aliphatic heterocycles. The lowest BCUT2D eigenvalue weighted by Crippen LogP contribution is -2.44. The second kappa shape index (κ2) is 5.10. The molecule has 1 aromatic rings. The third-order valence-electron chi connectivity index (χ3n) is 3.63. The Morgan fingerprint density at radius 2 is 1.67 bits per heavy atom. The molecular weight excluding hydrogens is 244 g/mol. The predicted molar refractivity (Wildman–Crippen MR) is 79.9 cm³/mol. The van der Waals surface area contributed by atoms with E-state index in [9.17, 15) is 0 Å². The molecule has 0 spiro atoms. The van der Waals surface area contributed by atoms with Crippen LogP contribution in [-0.2, 0) is 5.41 Å². The summed E-state index contributed by atoms with van der Waals surface area (Å²) in [4.78, 5) is 4.78. The maximum atomic E-state index is 6.42. The molecule has 2 rings (SSSR count). The maximum Gasteiger partial charge on any atom is 0.0463 e. The van der Waals surface area contributed by atoms with Crippen molar-refractivity contribution in [1.82, 2.24) is 4.90 Å². The van der Waals surface area contributed by atoms with Gasteiger partial charge in [-0.2, -0.15) is 0 Å². The lowest BCUT2D eigenvalue weighted by Gasteiger charge is -2.34. The molecule has 0 saturated carbocycles. The van der Waals surface area contributed by atoms with Crippen molar-refractivity contribution < 1.29 is 0 Å². The first-order valence-corrected chi connectivity index (χ1v) is 6.99. The number of rotatable bonds is 1. The molecule has 0 unspecified atom stereocenters. The number of benzene rings is 1. The van der Waals surface area contributed by atoms with Crippen LogP contribution in [0.1, 0.15) is 26.3 Å². The third-order valence-corrected chi connectivity index (χ3v) is 3.94. The Morgan fingerprint density at radius 3 is 2.17 bits per heavy atom. The first-order valence-electron chi connectivity index (χ1n) is 6.61. The van der Waals surface area contributed by atoms with Gasteiger partial charge < -0.3 is 9.80 Å². The summed E-state index contributed by atoms with van der Waals surface area (Å²) in [6.07, 6.45) is 0. The smallest absolute Gasteiger partial charge is 0.0463 e. The number of likely N-dealkylation sites (N-methyl/N-ethyl adjacent to an activating group) is 1. The number of anilines is 1. The highest BCUT2D eigenvalue weighted by molar-refractivity contribution is 6.31. The van der Waals surface area contributed by atoms with Gasteiger partial charge in [0.25, 0.3) is 0 Å². The Morgan fingerprint density at radius 1 is 1.06 bits per heavy atom. The summed E-state index contributed by atoms with van der Waals surface area (Å²) >= 11 is 6.42.